The molecule has 0 aliphatic heterocycles. The first-order valence-corrected chi connectivity index (χ1v) is 10.2. The van der Waals surface area contributed by atoms with Crippen LogP contribution >= 0.6 is 11.8 Å². The van der Waals surface area contributed by atoms with Gasteiger partial charge in [-0.25, -0.2) is 0 Å². The monoisotopic (exact) mass is 450 g/mol. The third-order valence-corrected chi connectivity index (χ3v) is 6.17. The molecule has 0 bridgehead atoms. The number of alkyl halides is 6. The van der Waals surface area contributed by atoms with Crippen molar-refractivity contribution in [1.29, 1.82) is 0 Å². The summed E-state index contributed by atoms with van der Waals surface area (Å²) in [7, 11) is 0. The molecule has 160 valence electrons. The molecule has 4 aromatic carbocycles. The van der Waals surface area contributed by atoms with Gasteiger partial charge in [-0.15, -0.1) is 0 Å². The summed E-state index contributed by atoms with van der Waals surface area (Å²) in [5.41, 5.74) is 0.142. The standard InChI is InChI=1S/C24H16F6S/c25-23(26,27)13-19-17-7-3-1-5-15(17)9-11-21(19)31-22-12-10-16-6-2-4-8-18(16)20(22)14-24(28,29)30/h1-12H,13-14H2. The SMILES string of the molecule is FC(F)(F)Cc1c(Sc2ccc3ccccc3c2CC(F)(F)F)ccc2ccccc12. The van der Waals surface area contributed by atoms with Gasteiger partial charge in [-0.1, -0.05) is 72.4 Å². The van der Waals surface area contributed by atoms with E-state index in [9.17, 15) is 26.3 Å². The van der Waals surface area contributed by atoms with Crippen LogP contribution in [0, 0.1) is 0 Å². The van der Waals surface area contributed by atoms with Gasteiger partial charge < -0.3 is 0 Å². The van der Waals surface area contributed by atoms with E-state index in [-0.39, 0.29) is 11.1 Å². The highest BCUT2D eigenvalue weighted by atomic mass is 32.2. The van der Waals surface area contributed by atoms with Crippen molar-refractivity contribution in [2.75, 3.05) is 0 Å². The van der Waals surface area contributed by atoms with Crippen molar-refractivity contribution in [3.8, 4) is 0 Å². The molecule has 0 spiro atoms. The smallest absolute Gasteiger partial charge is 0.171 e. The van der Waals surface area contributed by atoms with Gasteiger partial charge in [-0.3, -0.25) is 0 Å². The fraction of sp³-hybridized carbons (Fsp3) is 0.167. The number of halogens is 6. The first kappa shape index (κ1) is 21.6. The zero-order valence-electron chi connectivity index (χ0n) is 16.0. The average molecular weight is 450 g/mol. The van der Waals surface area contributed by atoms with Crippen LogP contribution in [0.1, 0.15) is 11.1 Å². The third-order valence-electron chi connectivity index (χ3n) is 4.97. The lowest BCUT2D eigenvalue weighted by Gasteiger charge is -2.18. The zero-order chi connectivity index (χ0) is 22.2. The minimum absolute atomic E-state index is 0.0710. The molecule has 4 aromatic rings. The summed E-state index contributed by atoms with van der Waals surface area (Å²) < 4.78 is 80.0. The second-order valence-electron chi connectivity index (χ2n) is 7.21. The van der Waals surface area contributed by atoms with Crippen molar-refractivity contribution >= 4 is 33.3 Å². The summed E-state index contributed by atoms with van der Waals surface area (Å²) >= 11 is 0.952. The Morgan fingerprint density at radius 1 is 0.516 bits per heavy atom. The van der Waals surface area contributed by atoms with Gasteiger partial charge in [0.2, 0.25) is 0 Å². The van der Waals surface area contributed by atoms with E-state index in [0.717, 1.165) is 11.8 Å². The van der Waals surface area contributed by atoms with Crippen molar-refractivity contribution in [3.63, 3.8) is 0 Å². The normalized spacial score (nSPS) is 12.6. The maximum Gasteiger partial charge on any atom is 0.393 e. The van der Waals surface area contributed by atoms with Crippen molar-refractivity contribution in [1.82, 2.24) is 0 Å². The van der Waals surface area contributed by atoms with Crippen LogP contribution < -0.4 is 0 Å². The Bertz CT molecular complexity index is 1140. The summed E-state index contributed by atoms with van der Waals surface area (Å²) in [6.45, 7) is 0. The molecule has 0 saturated heterocycles. The fourth-order valence-electron chi connectivity index (χ4n) is 3.71. The quantitative estimate of drug-likeness (QED) is 0.282. The Balaban J connectivity index is 1.88. The van der Waals surface area contributed by atoms with Crippen LogP contribution in [0.2, 0.25) is 0 Å². The number of rotatable bonds is 4. The van der Waals surface area contributed by atoms with Crippen LogP contribution in [-0.2, 0) is 12.8 Å². The predicted molar refractivity (Wildman–Crippen MR) is 112 cm³/mol. The maximum absolute atomic E-state index is 13.3. The minimum Gasteiger partial charge on any atom is -0.171 e. The van der Waals surface area contributed by atoms with E-state index in [4.69, 9.17) is 0 Å². The Morgan fingerprint density at radius 3 is 1.29 bits per heavy atom. The zero-order valence-corrected chi connectivity index (χ0v) is 16.8. The van der Waals surface area contributed by atoms with Gasteiger partial charge >= 0.3 is 12.4 Å². The van der Waals surface area contributed by atoms with Crippen LogP contribution in [0.5, 0.6) is 0 Å². The van der Waals surface area contributed by atoms with Gasteiger partial charge in [0, 0.05) is 9.79 Å². The first-order chi connectivity index (χ1) is 14.6. The van der Waals surface area contributed by atoms with Gasteiger partial charge in [0.15, 0.2) is 0 Å². The van der Waals surface area contributed by atoms with E-state index in [1.54, 1.807) is 72.8 Å². The van der Waals surface area contributed by atoms with E-state index in [2.05, 4.69) is 0 Å². The molecule has 0 saturated carbocycles. The van der Waals surface area contributed by atoms with E-state index < -0.39 is 25.2 Å². The van der Waals surface area contributed by atoms with Gasteiger partial charge in [0.05, 0.1) is 12.8 Å². The number of benzene rings is 4. The number of hydrogen-bond donors (Lipinski definition) is 0. The molecule has 0 nitrogen and oxygen atoms in total. The molecule has 0 aliphatic carbocycles. The summed E-state index contributed by atoms with van der Waals surface area (Å²) in [5, 5.41) is 2.20. The summed E-state index contributed by atoms with van der Waals surface area (Å²) in [5.74, 6) is 0. The van der Waals surface area contributed by atoms with Crippen LogP contribution in [0.3, 0.4) is 0 Å². The predicted octanol–water partition coefficient (Wildman–Crippen LogP) is 8.35. The molecular weight excluding hydrogens is 434 g/mol. The second kappa shape index (κ2) is 8.11. The molecule has 0 radical (unpaired) electrons. The summed E-state index contributed by atoms with van der Waals surface area (Å²) in [4.78, 5) is 0.601. The molecule has 4 rings (SSSR count). The lowest BCUT2D eigenvalue weighted by molar-refractivity contribution is -0.128. The van der Waals surface area contributed by atoms with Gasteiger partial charge in [0.1, 0.15) is 0 Å². The minimum atomic E-state index is -4.45. The van der Waals surface area contributed by atoms with E-state index in [1.165, 1.54) is 0 Å². The molecule has 0 atom stereocenters. The molecule has 0 heterocycles. The van der Waals surface area contributed by atoms with Crippen LogP contribution in [0.15, 0.2) is 82.6 Å². The molecular formula is C24H16F6S. The average Bonchev–Trinajstić information content (AvgIpc) is 2.69. The van der Waals surface area contributed by atoms with E-state index >= 15 is 0 Å². The Kier molecular flexibility index (Phi) is 5.64. The van der Waals surface area contributed by atoms with Crippen LogP contribution in [0.4, 0.5) is 26.3 Å². The molecule has 0 fully saturated rings. The molecule has 0 unspecified atom stereocenters. The number of fused-ring (bicyclic) bond motifs is 2. The highest BCUT2D eigenvalue weighted by Crippen LogP contribution is 2.42. The molecule has 7 heteroatoms. The molecule has 31 heavy (non-hydrogen) atoms. The highest BCUT2D eigenvalue weighted by molar-refractivity contribution is 7.99. The Morgan fingerprint density at radius 2 is 0.903 bits per heavy atom. The van der Waals surface area contributed by atoms with Crippen molar-refractivity contribution in [3.05, 3.63) is 83.9 Å². The first-order valence-electron chi connectivity index (χ1n) is 9.43. The Labute approximate surface area is 178 Å². The van der Waals surface area contributed by atoms with Crippen molar-refractivity contribution < 1.29 is 26.3 Å². The molecule has 0 amide bonds. The van der Waals surface area contributed by atoms with Gasteiger partial charge in [-0.05, 0) is 44.8 Å². The van der Waals surface area contributed by atoms with E-state index in [1.807, 2.05) is 0 Å². The van der Waals surface area contributed by atoms with Crippen LogP contribution in [-0.4, -0.2) is 12.4 Å². The highest BCUT2D eigenvalue weighted by Gasteiger charge is 2.32. The lowest BCUT2D eigenvalue weighted by Crippen LogP contribution is -2.13. The second-order valence-corrected chi connectivity index (χ2v) is 8.30. The van der Waals surface area contributed by atoms with Gasteiger partial charge in [-0.2, -0.15) is 26.3 Å². The van der Waals surface area contributed by atoms with E-state index in [0.29, 0.717) is 31.3 Å². The summed E-state index contributed by atoms with van der Waals surface area (Å²) in [6.07, 6.45) is -11.2. The van der Waals surface area contributed by atoms with Crippen molar-refractivity contribution in [2.24, 2.45) is 0 Å². The van der Waals surface area contributed by atoms with Gasteiger partial charge in [0.25, 0.3) is 0 Å². The Hall–Kier alpha value is -2.67. The summed E-state index contributed by atoms with van der Waals surface area (Å²) in [6, 6.07) is 19.9. The van der Waals surface area contributed by atoms with Crippen molar-refractivity contribution in [2.45, 2.75) is 35.0 Å². The largest absolute Gasteiger partial charge is 0.393 e. The molecule has 0 N–H and O–H groups in total. The topological polar surface area (TPSA) is 0 Å². The number of hydrogen-bond acceptors (Lipinski definition) is 1. The third kappa shape index (κ3) is 4.98. The molecule has 0 aromatic heterocycles. The van der Waals surface area contributed by atoms with Crippen LogP contribution in [0.25, 0.3) is 21.5 Å². The lowest BCUT2D eigenvalue weighted by atomic mass is 10.0. The molecule has 0 aliphatic rings. The fourth-order valence-corrected chi connectivity index (χ4v) is 4.83. The maximum atomic E-state index is 13.3.